The molecule has 6 heteroatoms. The molecule has 1 aromatic heterocycles. The van der Waals surface area contributed by atoms with E-state index in [1.165, 1.54) is 0 Å². The summed E-state index contributed by atoms with van der Waals surface area (Å²) in [4.78, 5) is 16.6. The molecule has 0 saturated heterocycles. The van der Waals surface area contributed by atoms with E-state index in [1.807, 2.05) is 6.07 Å². The van der Waals surface area contributed by atoms with Crippen LogP contribution in [0, 0.1) is 5.92 Å². The van der Waals surface area contributed by atoms with E-state index in [2.05, 4.69) is 10.3 Å². The van der Waals surface area contributed by atoms with E-state index in [-0.39, 0.29) is 12.5 Å². The van der Waals surface area contributed by atoms with Crippen molar-refractivity contribution in [3.8, 4) is 5.75 Å². The van der Waals surface area contributed by atoms with Crippen molar-refractivity contribution >= 4 is 5.91 Å². The maximum absolute atomic E-state index is 13.4. The van der Waals surface area contributed by atoms with Crippen molar-refractivity contribution in [3.05, 3.63) is 59.9 Å². The van der Waals surface area contributed by atoms with Gasteiger partial charge >= 0.3 is 0 Å². The summed E-state index contributed by atoms with van der Waals surface area (Å²) >= 11 is 0. The van der Waals surface area contributed by atoms with Gasteiger partial charge in [0.1, 0.15) is 5.75 Å². The molecule has 0 fully saturated rings. The largest absolute Gasteiger partial charge is 0.483 e. The molecule has 1 aromatic carbocycles. The third-order valence-electron chi connectivity index (χ3n) is 4.20. The molecule has 2 aromatic rings. The van der Waals surface area contributed by atoms with Gasteiger partial charge in [-0.3, -0.25) is 9.78 Å². The summed E-state index contributed by atoms with van der Waals surface area (Å²) in [5.41, 5.74) is 1.58. The van der Waals surface area contributed by atoms with Crippen LogP contribution < -0.4 is 10.1 Å². The van der Waals surface area contributed by atoms with Crippen LogP contribution in [0.2, 0.25) is 0 Å². The van der Waals surface area contributed by atoms with Crippen molar-refractivity contribution in [1.29, 1.82) is 0 Å². The molecule has 0 bridgehead atoms. The van der Waals surface area contributed by atoms with Crippen LogP contribution in [-0.4, -0.2) is 23.4 Å². The first-order chi connectivity index (χ1) is 11.6. The fraction of sp³-hybridized carbons (Fsp3) is 0.333. The molecule has 0 saturated carbocycles. The lowest BCUT2D eigenvalue weighted by Gasteiger charge is -2.33. The number of benzene rings is 1. The molecule has 3 rings (SSSR count). The van der Waals surface area contributed by atoms with Crippen molar-refractivity contribution in [2.45, 2.75) is 31.9 Å². The highest BCUT2D eigenvalue weighted by Crippen LogP contribution is 2.33. The molecule has 1 aliphatic rings. The zero-order valence-corrected chi connectivity index (χ0v) is 13.2. The van der Waals surface area contributed by atoms with E-state index in [9.17, 15) is 13.6 Å². The molecular weight excluding hydrogens is 314 g/mol. The second-order valence-electron chi connectivity index (χ2n) is 5.85. The Hall–Kier alpha value is -2.50. The van der Waals surface area contributed by atoms with Gasteiger partial charge in [0.15, 0.2) is 6.10 Å². The van der Waals surface area contributed by atoms with Crippen molar-refractivity contribution in [3.63, 3.8) is 0 Å². The van der Waals surface area contributed by atoms with Crippen LogP contribution in [0.15, 0.2) is 48.8 Å². The van der Waals surface area contributed by atoms with Gasteiger partial charge < -0.3 is 10.1 Å². The summed E-state index contributed by atoms with van der Waals surface area (Å²) in [5.74, 6) is -0.947. The molecule has 0 unspecified atom stereocenters. The quantitative estimate of drug-likeness (QED) is 0.936. The van der Waals surface area contributed by atoms with Crippen LogP contribution in [0.5, 0.6) is 5.75 Å². The lowest BCUT2D eigenvalue weighted by Crippen LogP contribution is -2.47. The highest BCUT2D eigenvalue weighted by molar-refractivity contribution is 5.80. The molecule has 0 spiro atoms. The number of aromatic nitrogens is 1. The number of carbonyl (C=O) groups is 1. The highest BCUT2D eigenvalue weighted by Gasteiger charge is 2.41. The van der Waals surface area contributed by atoms with Crippen LogP contribution in [0.4, 0.5) is 8.78 Å². The Balaban J connectivity index is 1.77. The van der Waals surface area contributed by atoms with E-state index in [1.54, 1.807) is 49.6 Å². The molecule has 4 nitrogen and oxygen atoms in total. The molecule has 0 aliphatic carbocycles. The number of pyridine rings is 1. The summed E-state index contributed by atoms with van der Waals surface area (Å²) in [6, 6.07) is 10.3. The second-order valence-corrected chi connectivity index (χ2v) is 5.85. The van der Waals surface area contributed by atoms with E-state index in [0.717, 1.165) is 11.1 Å². The van der Waals surface area contributed by atoms with Gasteiger partial charge in [0.25, 0.3) is 6.43 Å². The summed E-state index contributed by atoms with van der Waals surface area (Å²) in [7, 11) is 0. The Morgan fingerprint density at radius 1 is 1.29 bits per heavy atom. The number of fused-ring (bicyclic) bond motifs is 1. The van der Waals surface area contributed by atoms with Crippen LogP contribution in [0.25, 0.3) is 0 Å². The predicted octanol–water partition coefficient (Wildman–Crippen LogP) is 3.14. The Morgan fingerprint density at radius 3 is 2.79 bits per heavy atom. The Kier molecular flexibility index (Phi) is 4.74. The predicted molar refractivity (Wildman–Crippen MR) is 84.9 cm³/mol. The molecular formula is C18H18F2N2O2. The van der Waals surface area contributed by atoms with Crippen LogP contribution in [0.1, 0.15) is 24.1 Å². The van der Waals surface area contributed by atoms with E-state index in [4.69, 9.17) is 4.74 Å². The molecule has 2 heterocycles. The smallest absolute Gasteiger partial charge is 0.275 e. The van der Waals surface area contributed by atoms with Crippen molar-refractivity contribution in [2.24, 2.45) is 5.92 Å². The first-order valence-corrected chi connectivity index (χ1v) is 7.79. The summed E-state index contributed by atoms with van der Waals surface area (Å²) in [6.07, 6.45) is -0.667. The maximum Gasteiger partial charge on any atom is 0.275 e. The number of amides is 1. The van der Waals surface area contributed by atoms with Crippen LogP contribution >= 0.6 is 0 Å². The Labute approximate surface area is 138 Å². The number of carbonyl (C=O) groups excluding carboxylic acids is 1. The first-order valence-electron chi connectivity index (χ1n) is 7.79. The van der Waals surface area contributed by atoms with Gasteiger partial charge in [0.2, 0.25) is 5.91 Å². The van der Waals surface area contributed by atoms with E-state index >= 15 is 0 Å². The molecule has 126 valence electrons. The number of hydrogen-bond donors (Lipinski definition) is 1. The number of alkyl halides is 2. The van der Waals surface area contributed by atoms with Gasteiger partial charge in [-0.05, 0) is 36.6 Å². The van der Waals surface area contributed by atoms with Crippen molar-refractivity contribution in [2.75, 3.05) is 0 Å². The van der Waals surface area contributed by atoms with Crippen molar-refractivity contribution < 1.29 is 18.3 Å². The minimum atomic E-state index is -2.73. The SMILES string of the molecule is C[C@H](NC(=O)[C@@H]1Cc2ccccc2O[C@H]1C(F)F)c1cccnc1. The minimum Gasteiger partial charge on any atom is -0.483 e. The number of para-hydroxylation sites is 1. The van der Waals surface area contributed by atoms with E-state index in [0.29, 0.717) is 5.75 Å². The molecule has 1 aliphatic heterocycles. The molecule has 1 amide bonds. The summed E-state index contributed by atoms with van der Waals surface area (Å²) < 4.78 is 32.1. The summed E-state index contributed by atoms with van der Waals surface area (Å²) in [6.45, 7) is 1.80. The van der Waals surface area contributed by atoms with Crippen molar-refractivity contribution in [1.82, 2.24) is 10.3 Å². The van der Waals surface area contributed by atoms with Gasteiger partial charge in [0.05, 0.1) is 12.0 Å². The monoisotopic (exact) mass is 332 g/mol. The number of nitrogens with one attached hydrogen (secondary N) is 1. The zero-order valence-electron chi connectivity index (χ0n) is 13.2. The first kappa shape index (κ1) is 16.4. The van der Waals surface area contributed by atoms with E-state index < -0.39 is 24.4 Å². The number of ether oxygens (including phenoxy) is 1. The zero-order chi connectivity index (χ0) is 17.1. The lowest BCUT2D eigenvalue weighted by molar-refractivity contribution is -0.133. The minimum absolute atomic E-state index is 0.233. The molecule has 0 radical (unpaired) electrons. The number of nitrogens with zero attached hydrogens (tertiary/aromatic N) is 1. The normalized spacial score (nSPS) is 20.8. The van der Waals surface area contributed by atoms with Gasteiger partial charge in [-0.15, -0.1) is 0 Å². The average molecular weight is 332 g/mol. The fourth-order valence-corrected chi connectivity index (χ4v) is 2.87. The fourth-order valence-electron chi connectivity index (χ4n) is 2.87. The number of rotatable bonds is 4. The maximum atomic E-state index is 13.4. The summed E-state index contributed by atoms with van der Waals surface area (Å²) in [5, 5.41) is 2.79. The third-order valence-corrected chi connectivity index (χ3v) is 4.20. The van der Waals surface area contributed by atoms with Gasteiger partial charge in [-0.2, -0.15) is 0 Å². The highest BCUT2D eigenvalue weighted by atomic mass is 19.3. The topological polar surface area (TPSA) is 51.2 Å². The van der Waals surface area contributed by atoms with Crippen LogP contribution in [0.3, 0.4) is 0 Å². The Bertz CT molecular complexity index is 709. The van der Waals surface area contributed by atoms with Gasteiger partial charge in [-0.25, -0.2) is 8.78 Å². The lowest BCUT2D eigenvalue weighted by atomic mass is 9.89. The molecule has 1 N–H and O–H groups in total. The van der Waals surface area contributed by atoms with Gasteiger partial charge in [-0.1, -0.05) is 24.3 Å². The van der Waals surface area contributed by atoms with Gasteiger partial charge in [0, 0.05) is 12.4 Å². The molecule has 24 heavy (non-hydrogen) atoms. The number of halogens is 2. The standard InChI is InChI=1S/C18H18F2N2O2/c1-11(13-6-4-8-21-10-13)22-18(23)14-9-12-5-2-3-7-15(12)24-16(14)17(19)20/h2-8,10-11,14,16-17H,9H2,1H3,(H,22,23)/t11-,14+,16+/m0/s1. The second kappa shape index (κ2) is 6.95. The molecule has 3 atom stereocenters. The Morgan fingerprint density at radius 2 is 2.08 bits per heavy atom. The number of hydrogen-bond acceptors (Lipinski definition) is 3. The average Bonchev–Trinajstić information content (AvgIpc) is 2.61. The third kappa shape index (κ3) is 3.37. The van der Waals surface area contributed by atoms with Crippen LogP contribution in [-0.2, 0) is 11.2 Å².